The fourth-order valence-corrected chi connectivity index (χ4v) is 2.02. The van der Waals surface area contributed by atoms with Crippen LogP contribution >= 0.6 is 0 Å². The minimum atomic E-state index is -1.14. The summed E-state index contributed by atoms with van der Waals surface area (Å²) >= 11 is 0. The average Bonchev–Trinajstić information content (AvgIpc) is 2.87. The topological polar surface area (TPSA) is 99.1 Å². The van der Waals surface area contributed by atoms with Gasteiger partial charge in [0.25, 0.3) is 0 Å². The summed E-state index contributed by atoms with van der Waals surface area (Å²) < 4.78 is 5.46. The van der Waals surface area contributed by atoms with Gasteiger partial charge in [0.1, 0.15) is 6.04 Å². The molecule has 2 amide bonds. The Morgan fingerprint density at radius 2 is 2.26 bits per heavy atom. The predicted molar refractivity (Wildman–Crippen MR) is 67.9 cm³/mol. The molecule has 3 N–H and O–H groups in total. The highest BCUT2D eigenvalue weighted by atomic mass is 16.5. The van der Waals surface area contributed by atoms with E-state index in [4.69, 9.17) is 14.9 Å². The summed E-state index contributed by atoms with van der Waals surface area (Å²) in [5.74, 6) is -1.14. The molecular formula is C12H22N2O5. The van der Waals surface area contributed by atoms with Gasteiger partial charge in [0.15, 0.2) is 0 Å². The van der Waals surface area contributed by atoms with Crippen molar-refractivity contribution >= 4 is 12.0 Å². The van der Waals surface area contributed by atoms with E-state index in [9.17, 15) is 9.59 Å². The van der Waals surface area contributed by atoms with Crippen molar-refractivity contribution in [1.82, 2.24) is 10.2 Å². The van der Waals surface area contributed by atoms with Crippen LogP contribution in [0.5, 0.6) is 0 Å². The molecule has 110 valence electrons. The summed E-state index contributed by atoms with van der Waals surface area (Å²) in [6.45, 7) is 3.21. The van der Waals surface area contributed by atoms with E-state index in [1.54, 1.807) is 0 Å². The van der Waals surface area contributed by atoms with Gasteiger partial charge in [-0.05, 0) is 19.8 Å². The van der Waals surface area contributed by atoms with Crippen LogP contribution in [-0.2, 0) is 9.53 Å². The molecule has 0 radical (unpaired) electrons. The number of ether oxygens (including phenoxy) is 1. The first-order valence-corrected chi connectivity index (χ1v) is 6.59. The molecule has 0 saturated carbocycles. The van der Waals surface area contributed by atoms with Gasteiger partial charge in [0.05, 0.1) is 6.10 Å². The van der Waals surface area contributed by atoms with Crippen LogP contribution in [0.1, 0.15) is 26.2 Å². The number of hydrogen-bond acceptors (Lipinski definition) is 4. The molecule has 19 heavy (non-hydrogen) atoms. The molecule has 0 aromatic heterocycles. The number of carbonyl (C=O) groups excluding carboxylic acids is 1. The van der Waals surface area contributed by atoms with Crippen molar-refractivity contribution < 1.29 is 24.5 Å². The highest BCUT2D eigenvalue weighted by Crippen LogP contribution is 2.13. The van der Waals surface area contributed by atoms with E-state index in [1.807, 2.05) is 6.92 Å². The predicted octanol–water partition coefficient (Wildman–Crippen LogP) is 0.0325. The van der Waals surface area contributed by atoms with Crippen LogP contribution in [0, 0.1) is 0 Å². The summed E-state index contributed by atoms with van der Waals surface area (Å²) in [5, 5.41) is 20.1. The summed E-state index contributed by atoms with van der Waals surface area (Å²) in [6, 6.07) is -1.49. The van der Waals surface area contributed by atoms with Crippen molar-refractivity contribution in [1.29, 1.82) is 0 Å². The summed E-state index contributed by atoms with van der Waals surface area (Å²) in [5.41, 5.74) is 0. The molecule has 0 aliphatic carbocycles. The number of likely N-dealkylation sites (N-methyl/N-ethyl adjacent to an activating group) is 1. The number of carboxylic acids is 1. The molecule has 1 unspecified atom stereocenters. The largest absolute Gasteiger partial charge is 0.480 e. The lowest BCUT2D eigenvalue weighted by Gasteiger charge is -2.26. The van der Waals surface area contributed by atoms with Gasteiger partial charge >= 0.3 is 12.0 Å². The van der Waals surface area contributed by atoms with Crippen molar-refractivity contribution in [2.24, 2.45) is 0 Å². The van der Waals surface area contributed by atoms with E-state index in [-0.39, 0.29) is 19.1 Å². The highest BCUT2D eigenvalue weighted by Gasteiger charge is 2.25. The van der Waals surface area contributed by atoms with E-state index in [1.165, 1.54) is 4.90 Å². The average molecular weight is 274 g/mol. The fourth-order valence-electron chi connectivity index (χ4n) is 2.02. The number of carboxylic acid groups (broad SMARTS) is 1. The third kappa shape index (κ3) is 5.04. The first-order valence-electron chi connectivity index (χ1n) is 6.59. The Kier molecular flexibility index (Phi) is 6.58. The standard InChI is InChI=1S/C12H22N2O5/c1-2-14(8-9-4-3-7-19-9)12(18)13-10(5-6-15)11(16)17/h9-10,15H,2-8H2,1H3,(H,13,18)(H,16,17)/t9?,10-/m1/s1. The van der Waals surface area contributed by atoms with Gasteiger partial charge in [-0.3, -0.25) is 0 Å². The Labute approximate surface area is 112 Å². The van der Waals surface area contributed by atoms with Crippen molar-refractivity contribution in [2.45, 2.75) is 38.3 Å². The molecular weight excluding hydrogens is 252 g/mol. The molecule has 0 spiro atoms. The zero-order chi connectivity index (χ0) is 14.3. The van der Waals surface area contributed by atoms with Crippen molar-refractivity contribution in [3.05, 3.63) is 0 Å². The monoisotopic (exact) mass is 274 g/mol. The van der Waals surface area contributed by atoms with Crippen LogP contribution in [0.2, 0.25) is 0 Å². The van der Waals surface area contributed by atoms with Gasteiger partial charge in [-0.25, -0.2) is 9.59 Å². The summed E-state index contributed by atoms with van der Waals surface area (Å²) in [6.07, 6.45) is 1.94. The van der Waals surface area contributed by atoms with Crippen molar-refractivity contribution in [3.63, 3.8) is 0 Å². The number of rotatable bonds is 7. The van der Waals surface area contributed by atoms with Crippen LogP contribution in [0.15, 0.2) is 0 Å². The van der Waals surface area contributed by atoms with Gasteiger partial charge in [0, 0.05) is 32.7 Å². The lowest BCUT2D eigenvalue weighted by atomic mass is 10.2. The van der Waals surface area contributed by atoms with E-state index >= 15 is 0 Å². The maximum atomic E-state index is 12.0. The SMILES string of the molecule is CCN(CC1CCCO1)C(=O)N[C@H](CCO)C(=O)O. The Morgan fingerprint density at radius 1 is 1.53 bits per heavy atom. The van der Waals surface area contributed by atoms with Gasteiger partial charge in [-0.2, -0.15) is 0 Å². The molecule has 0 aromatic rings. The zero-order valence-corrected chi connectivity index (χ0v) is 11.2. The van der Waals surface area contributed by atoms with Crippen LogP contribution in [-0.4, -0.2) is 65.6 Å². The molecule has 1 aliphatic heterocycles. The molecule has 1 fully saturated rings. The van der Waals surface area contributed by atoms with Crippen LogP contribution < -0.4 is 5.32 Å². The number of urea groups is 1. The zero-order valence-electron chi connectivity index (χ0n) is 11.2. The smallest absolute Gasteiger partial charge is 0.326 e. The summed E-state index contributed by atoms with van der Waals surface area (Å²) in [7, 11) is 0. The van der Waals surface area contributed by atoms with Gasteiger partial charge in [-0.15, -0.1) is 0 Å². The quantitative estimate of drug-likeness (QED) is 0.608. The molecule has 2 atom stereocenters. The Hall–Kier alpha value is -1.34. The van der Waals surface area contributed by atoms with Crippen LogP contribution in [0.3, 0.4) is 0 Å². The van der Waals surface area contributed by atoms with Crippen molar-refractivity contribution in [3.8, 4) is 0 Å². The Bertz CT molecular complexity index is 304. The number of aliphatic carboxylic acids is 1. The second kappa shape index (κ2) is 7.96. The molecule has 1 heterocycles. The number of nitrogens with one attached hydrogen (secondary N) is 1. The number of aliphatic hydroxyl groups excluding tert-OH is 1. The lowest BCUT2D eigenvalue weighted by Crippen LogP contribution is -2.50. The maximum absolute atomic E-state index is 12.0. The van der Waals surface area contributed by atoms with Crippen LogP contribution in [0.4, 0.5) is 4.79 Å². The number of carbonyl (C=O) groups is 2. The molecule has 1 rings (SSSR count). The maximum Gasteiger partial charge on any atom is 0.326 e. The second-order valence-electron chi connectivity index (χ2n) is 4.53. The third-order valence-electron chi connectivity index (χ3n) is 3.13. The molecule has 0 aromatic carbocycles. The third-order valence-corrected chi connectivity index (χ3v) is 3.13. The first kappa shape index (κ1) is 15.7. The number of aliphatic hydroxyl groups is 1. The Balaban J connectivity index is 2.49. The molecule has 1 aliphatic rings. The molecule has 7 heteroatoms. The minimum Gasteiger partial charge on any atom is -0.480 e. The minimum absolute atomic E-state index is 0.00143. The van der Waals surface area contributed by atoms with E-state index in [0.717, 1.165) is 12.8 Å². The number of hydrogen-bond donors (Lipinski definition) is 3. The van der Waals surface area contributed by atoms with Crippen LogP contribution in [0.25, 0.3) is 0 Å². The number of amides is 2. The summed E-state index contributed by atoms with van der Waals surface area (Å²) in [4.78, 5) is 24.4. The van der Waals surface area contributed by atoms with E-state index in [0.29, 0.717) is 19.7 Å². The molecule has 0 bridgehead atoms. The molecule has 1 saturated heterocycles. The van der Waals surface area contributed by atoms with E-state index in [2.05, 4.69) is 5.32 Å². The fraction of sp³-hybridized carbons (Fsp3) is 0.833. The van der Waals surface area contributed by atoms with Gasteiger partial charge in [0.2, 0.25) is 0 Å². The highest BCUT2D eigenvalue weighted by molar-refractivity contribution is 5.82. The molecule has 7 nitrogen and oxygen atoms in total. The Morgan fingerprint density at radius 3 is 2.74 bits per heavy atom. The van der Waals surface area contributed by atoms with Crippen molar-refractivity contribution in [2.75, 3.05) is 26.3 Å². The van der Waals surface area contributed by atoms with Gasteiger partial charge < -0.3 is 25.2 Å². The number of nitrogens with zero attached hydrogens (tertiary/aromatic N) is 1. The van der Waals surface area contributed by atoms with E-state index < -0.39 is 18.0 Å². The lowest BCUT2D eigenvalue weighted by molar-refractivity contribution is -0.139. The van der Waals surface area contributed by atoms with Gasteiger partial charge in [-0.1, -0.05) is 0 Å². The normalized spacial score (nSPS) is 20.0. The second-order valence-corrected chi connectivity index (χ2v) is 4.53. The first-order chi connectivity index (χ1) is 9.08.